The zero-order chi connectivity index (χ0) is 15.0. The van der Waals surface area contributed by atoms with Crippen molar-refractivity contribution in [2.75, 3.05) is 31.1 Å². The van der Waals surface area contributed by atoms with E-state index in [-0.39, 0.29) is 29.9 Å². The first-order valence-electron chi connectivity index (χ1n) is 7.31. The van der Waals surface area contributed by atoms with Crippen LogP contribution in [0.15, 0.2) is 10.9 Å². The number of nitrogens with one attached hydrogen (secondary N) is 2. The lowest BCUT2D eigenvalue weighted by Gasteiger charge is -2.27. The molecule has 1 aliphatic rings. The van der Waals surface area contributed by atoms with E-state index in [1.807, 2.05) is 19.9 Å². The molecule has 1 fully saturated rings. The van der Waals surface area contributed by atoms with Gasteiger partial charge in [-0.1, -0.05) is 13.8 Å². The van der Waals surface area contributed by atoms with Crippen molar-refractivity contribution >= 4 is 39.0 Å². The molecule has 4 N–H and O–H groups in total. The monoisotopic (exact) mass is 343 g/mol. The number of anilines is 1. The summed E-state index contributed by atoms with van der Waals surface area (Å²) in [6.45, 7) is 7.92. The molecule has 1 atom stereocenters. The quantitative estimate of drug-likeness (QED) is 0.785. The van der Waals surface area contributed by atoms with Gasteiger partial charge in [-0.15, -0.1) is 23.7 Å². The molecule has 1 saturated heterocycles. The first-order valence-corrected chi connectivity index (χ1v) is 8.13. The fraction of sp³-hybridized carbons (Fsp3) is 0.571. The number of thiophene rings is 1. The number of fused-ring (bicyclic) bond motifs is 1. The Morgan fingerprint density at radius 1 is 1.36 bits per heavy atom. The first-order chi connectivity index (χ1) is 10.1. The predicted octanol–water partition coefficient (Wildman–Crippen LogP) is 1.47. The number of hydrogen-bond donors (Lipinski definition) is 3. The number of halogens is 1. The van der Waals surface area contributed by atoms with Gasteiger partial charge in [0.05, 0.1) is 16.6 Å². The zero-order valence-corrected chi connectivity index (χ0v) is 14.4. The Bertz CT molecular complexity index is 692. The predicted molar refractivity (Wildman–Crippen MR) is 94.3 cm³/mol. The van der Waals surface area contributed by atoms with Crippen molar-refractivity contribution in [3.63, 3.8) is 0 Å². The van der Waals surface area contributed by atoms with Gasteiger partial charge < -0.3 is 20.9 Å². The lowest BCUT2D eigenvalue weighted by Crippen LogP contribution is -2.43. The average Bonchev–Trinajstić information content (AvgIpc) is 2.92. The lowest BCUT2D eigenvalue weighted by molar-refractivity contribution is 0.491. The number of H-pyrrole nitrogens is 1. The minimum Gasteiger partial charge on any atom is -0.361 e. The highest BCUT2D eigenvalue weighted by atomic mass is 35.5. The van der Waals surface area contributed by atoms with Gasteiger partial charge >= 0.3 is 0 Å². The molecule has 0 aliphatic carbocycles. The van der Waals surface area contributed by atoms with Crippen molar-refractivity contribution < 1.29 is 0 Å². The summed E-state index contributed by atoms with van der Waals surface area (Å²) in [6.07, 6.45) is 0. The summed E-state index contributed by atoms with van der Waals surface area (Å²) in [5.74, 6) is 0.809. The van der Waals surface area contributed by atoms with Crippen LogP contribution in [-0.2, 0) is 0 Å². The molecule has 2 aromatic rings. The van der Waals surface area contributed by atoms with Gasteiger partial charge in [-0.05, 0) is 12.0 Å². The van der Waals surface area contributed by atoms with Crippen molar-refractivity contribution in [3.05, 3.63) is 22.2 Å². The molecule has 22 heavy (non-hydrogen) atoms. The van der Waals surface area contributed by atoms with E-state index in [9.17, 15) is 4.79 Å². The Morgan fingerprint density at radius 2 is 2.05 bits per heavy atom. The molecule has 0 bridgehead atoms. The number of rotatable bonds is 3. The normalized spacial score (nSPS) is 16.8. The third kappa shape index (κ3) is 3.27. The van der Waals surface area contributed by atoms with Gasteiger partial charge in [0, 0.05) is 26.2 Å². The van der Waals surface area contributed by atoms with E-state index < -0.39 is 0 Å². The zero-order valence-electron chi connectivity index (χ0n) is 12.8. The minimum atomic E-state index is -0.246. The third-order valence-corrected chi connectivity index (χ3v) is 5.03. The van der Waals surface area contributed by atoms with Gasteiger partial charge in [0.2, 0.25) is 0 Å². The summed E-state index contributed by atoms with van der Waals surface area (Å²) in [4.78, 5) is 21.9. The van der Waals surface area contributed by atoms with E-state index in [4.69, 9.17) is 5.73 Å². The van der Waals surface area contributed by atoms with Crippen LogP contribution < -0.4 is 21.5 Å². The van der Waals surface area contributed by atoms with Crippen LogP contribution in [-0.4, -0.2) is 36.1 Å². The molecule has 6 nitrogen and oxygen atoms in total. The molecular weight excluding hydrogens is 322 g/mol. The summed E-state index contributed by atoms with van der Waals surface area (Å²) in [7, 11) is 0. The van der Waals surface area contributed by atoms with E-state index in [0.29, 0.717) is 10.5 Å². The maximum Gasteiger partial charge on any atom is 0.268 e. The summed E-state index contributed by atoms with van der Waals surface area (Å²) in [6, 6.07) is 1.77. The van der Waals surface area contributed by atoms with Crippen LogP contribution in [0.3, 0.4) is 0 Å². The first kappa shape index (κ1) is 17.2. The molecule has 122 valence electrons. The van der Waals surface area contributed by atoms with E-state index in [0.717, 1.165) is 36.7 Å². The fourth-order valence-corrected chi connectivity index (χ4v) is 3.50. The molecule has 3 rings (SSSR count). The largest absolute Gasteiger partial charge is 0.361 e. The Kier molecular flexibility index (Phi) is 5.44. The summed E-state index contributed by atoms with van der Waals surface area (Å²) >= 11 is 1.51. The van der Waals surface area contributed by atoms with Gasteiger partial charge in [0.15, 0.2) is 0 Å². The highest BCUT2D eigenvalue weighted by Gasteiger charge is 2.18. The van der Waals surface area contributed by atoms with E-state index in [1.165, 1.54) is 11.3 Å². The van der Waals surface area contributed by atoms with Crippen LogP contribution in [0.2, 0.25) is 0 Å². The van der Waals surface area contributed by atoms with Crippen molar-refractivity contribution in [1.29, 1.82) is 0 Å². The molecule has 3 heterocycles. The second-order valence-electron chi connectivity index (χ2n) is 5.76. The molecule has 0 unspecified atom stereocenters. The number of nitrogens with two attached hydrogens (primary N) is 1. The molecule has 2 aromatic heterocycles. The van der Waals surface area contributed by atoms with Gasteiger partial charge in [-0.2, -0.15) is 0 Å². The molecule has 0 spiro atoms. The van der Waals surface area contributed by atoms with Gasteiger partial charge in [-0.3, -0.25) is 4.79 Å². The molecule has 0 aromatic carbocycles. The van der Waals surface area contributed by atoms with Crippen LogP contribution in [0.1, 0.15) is 25.7 Å². The summed E-state index contributed by atoms with van der Waals surface area (Å²) in [5.41, 5.74) is 6.77. The molecule has 0 saturated carbocycles. The Balaban J connectivity index is 0.00000176. The highest BCUT2D eigenvalue weighted by Crippen LogP contribution is 2.30. The van der Waals surface area contributed by atoms with Crippen LogP contribution in [0, 0.1) is 5.92 Å². The van der Waals surface area contributed by atoms with Crippen LogP contribution in [0.4, 0.5) is 5.00 Å². The lowest BCUT2D eigenvalue weighted by atomic mass is 10.1. The minimum absolute atomic E-state index is 0. The van der Waals surface area contributed by atoms with Gasteiger partial charge in [0.1, 0.15) is 10.5 Å². The molecule has 1 aliphatic heterocycles. The topological polar surface area (TPSA) is 87.0 Å². The van der Waals surface area contributed by atoms with Crippen LogP contribution >= 0.6 is 23.7 Å². The highest BCUT2D eigenvalue weighted by molar-refractivity contribution is 7.22. The number of nitrogens with zero attached hydrogens (tertiary/aromatic N) is 2. The van der Waals surface area contributed by atoms with Gasteiger partial charge in [-0.25, -0.2) is 4.98 Å². The maximum atomic E-state index is 12.3. The van der Waals surface area contributed by atoms with Crippen LogP contribution in [0.25, 0.3) is 10.2 Å². The second-order valence-corrected chi connectivity index (χ2v) is 6.79. The molecule has 0 amide bonds. The SMILES string of the molecule is CC(C)[C@H](N)c1nc2cc(N3CCNCC3)sc2c(=O)[nH]1.Cl. The van der Waals surface area contributed by atoms with Crippen LogP contribution in [0.5, 0.6) is 0 Å². The fourth-order valence-electron chi connectivity index (χ4n) is 2.46. The Hall–Kier alpha value is -1.15. The Morgan fingerprint density at radius 3 is 2.68 bits per heavy atom. The standard InChI is InChI=1S/C14H21N5OS.ClH/c1-8(2)11(15)13-17-9-7-10(19-5-3-16-4-6-19)21-12(9)14(20)18-13;/h7-8,11,16H,3-6,15H2,1-2H3,(H,17,18,20);1H/t11-;/m0./s1. The van der Waals surface area contributed by atoms with Crippen molar-refractivity contribution in [1.82, 2.24) is 15.3 Å². The van der Waals surface area contributed by atoms with Crippen molar-refractivity contribution in [2.45, 2.75) is 19.9 Å². The van der Waals surface area contributed by atoms with Gasteiger partial charge in [0.25, 0.3) is 5.56 Å². The van der Waals surface area contributed by atoms with E-state index in [1.54, 1.807) is 0 Å². The number of piperazine rings is 1. The van der Waals surface area contributed by atoms with Crippen molar-refractivity contribution in [3.8, 4) is 0 Å². The molecule has 0 radical (unpaired) electrons. The average molecular weight is 344 g/mol. The third-order valence-electron chi connectivity index (χ3n) is 3.85. The number of hydrogen-bond acceptors (Lipinski definition) is 6. The molecular formula is C14H22ClN5OS. The van der Waals surface area contributed by atoms with E-state index in [2.05, 4.69) is 20.2 Å². The van der Waals surface area contributed by atoms with Crippen molar-refractivity contribution in [2.24, 2.45) is 11.7 Å². The second kappa shape index (κ2) is 6.95. The smallest absolute Gasteiger partial charge is 0.268 e. The number of aromatic nitrogens is 2. The van der Waals surface area contributed by atoms with E-state index >= 15 is 0 Å². The summed E-state index contributed by atoms with van der Waals surface area (Å²) < 4.78 is 0.684. The Labute approximate surface area is 139 Å². The molecule has 8 heteroatoms. The summed E-state index contributed by atoms with van der Waals surface area (Å²) in [5, 5.41) is 4.44. The maximum absolute atomic E-state index is 12.3. The number of aromatic amines is 1.